The highest BCUT2D eigenvalue weighted by molar-refractivity contribution is 5.76. The molecule has 0 aliphatic heterocycles. The highest BCUT2D eigenvalue weighted by Crippen LogP contribution is 2.24. The Morgan fingerprint density at radius 2 is 1.95 bits per heavy atom. The minimum absolute atomic E-state index is 0.0669. The van der Waals surface area contributed by atoms with Gasteiger partial charge in [0.05, 0.1) is 7.11 Å². The number of para-hydroxylation sites is 1. The van der Waals surface area contributed by atoms with Crippen LogP contribution in [0.2, 0.25) is 0 Å². The van der Waals surface area contributed by atoms with E-state index in [-0.39, 0.29) is 17.5 Å². The molecule has 0 saturated carbocycles. The summed E-state index contributed by atoms with van der Waals surface area (Å²) in [6.45, 7) is 8.65. The molecule has 1 unspecified atom stereocenters. The third kappa shape index (κ3) is 5.61. The Hall–Kier alpha value is -1.55. The van der Waals surface area contributed by atoms with Crippen molar-refractivity contribution in [1.29, 1.82) is 0 Å². The maximum Gasteiger partial charge on any atom is 0.221 e. The molecule has 0 bridgehead atoms. The molecule has 0 saturated heterocycles. The van der Waals surface area contributed by atoms with Gasteiger partial charge in [0.15, 0.2) is 0 Å². The number of benzene rings is 1. The zero-order valence-corrected chi connectivity index (χ0v) is 13.1. The van der Waals surface area contributed by atoms with Gasteiger partial charge in [0, 0.05) is 30.1 Å². The quantitative estimate of drug-likeness (QED) is 0.841. The number of nitrogens with one attached hydrogen (secondary N) is 2. The third-order valence-corrected chi connectivity index (χ3v) is 2.92. The molecule has 1 aromatic carbocycles. The SMILES string of the molecule is COc1ccccc1C(C)NCCC(=O)NC(C)(C)C. The molecule has 0 radical (unpaired) electrons. The van der Waals surface area contributed by atoms with Crippen LogP contribution >= 0.6 is 0 Å². The first-order valence-electron chi connectivity index (χ1n) is 7.01. The molecule has 20 heavy (non-hydrogen) atoms. The highest BCUT2D eigenvalue weighted by Gasteiger charge is 2.14. The van der Waals surface area contributed by atoms with E-state index in [2.05, 4.69) is 17.6 Å². The molecule has 112 valence electrons. The van der Waals surface area contributed by atoms with Gasteiger partial charge in [-0.3, -0.25) is 4.79 Å². The minimum Gasteiger partial charge on any atom is -0.496 e. The Morgan fingerprint density at radius 1 is 1.30 bits per heavy atom. The number of carbonyl (C=O) groups is 1. The van der Waals surface area contributed by atoms with E-state index < -0.39 is 0 Å². The summed E-state index contributed by atoms with van der Waals surface area (Å²) in [4.78, 5) is 11.7. The van der Waals surface area contributed by atoms with Gasteiger partial charge in [-0.2, -0.15) is 0 Å². The molecule has 0 aromatic heterocycles. The number of methoxy groups -OCH3 is 1. The van der Waals surface area contributed by atoms with Crippen LogP contribution in [0.3, 0.4) is 0 Å². The number of carbonyl (C=O) groups excluding carboxylic acids is 1. The lowest BCUT2D eigenvalue weighted by atomic mass is 10.1. The lowest BCUT2D eigenvalue weighted by molar-refractivity contribution is -0.122. The number of hydrogen-bond acceptors (Lipinski definition) is 3. The molecular formula is C16H26N2O2. The van der Waals surface area contributed by atoms with Crippen LogP contribution in [0.5, 0.6) is 5.75 Å². The van der Waals surface area contributed by atoms with Crippen molar-refractivity contribution in [2.75, 3.05) is 13.7 Å². The van der Waals surface area contributed by atoms with Crippen molar-refractivity contribution in [1.82, 2.24) is 10.6 Å². The summed E-state index contributed by atoms with van der Waals surface area (Å²) in [5, 5.41) is 6.30. The lowest BCUT2D eigenvalue weighted by Gasteiger charge is -2.21. The van der Waals surface area contributed by atoms with Gasteiger partial charge in [-0.05, 0) is 33.8 Å². The van der Waals surface area contributed by atoms with Crippen molar-refractivity contribution in [3.8, 4) is 5.75 Å². The van der Waals surface area contributed by atoms with E-state index in [1.165, 1.54) is 0 Å². The van der Waals surface area contributed by atoms with Gasteiger partial charge in [0.1, 0.15) is 5.75 Å². The summed E-state index contributed by atoms with van der Waals surface area (Å²) in [5.74, 6) is 0.934. The number of ether oxygens (including phenoxy) is 1. The Labute approximate surface area is 121 Å². The molecule has 0 spiro atoms. The van der Waals surface area contributed by atoms with Gasteiger partial charge in [0.25, 0.3) is 0 Å². The van der Waals surface area contributed by atoms with Crippen LogP contribution in [0.1, 0.15) is 45.7 Å². The maximum absolute atomic E-state index is 11.7. The van der Waals surface area contributed by atoms with Crippen molar-refractivity contribution in [3.05, 3.63) is 29.8 Å². The number of amides is 1. The molecule has 0 heterocycles. The van der Waals surface area contributed by atoms with Gasteiger partial charge >= 0.3 is 0 Å². The van der Waals surface area contributed by atoms with E-state index >= 15 is 0 Å². The zero-order valence-electron chi connectivity index (χ0n) is 13.1. The van der Waals surface area contributed by atoms with E-state index in [0.717, 1.165) is 11.3 Å². The van der Waals surface area contributed by atoms with Crippen LogP contribution in [-0.2, 0) is 4.79 Å². The van der Waals surface area contributed by atoms with Crippen LogP contribution in [0.25, 0.3) is 0 Å². The molecule has 4 heteroatoms. The van der Waals surface area contributed by atoms with Crippen LogP contribution < -0.4 is 15.4 Å². The van der Waals surface area contributed by atoms with E-state index in [9.17, 15) is 4.79 Å². The summed E-state index contributed by atoms with van der Waals surface area (Å²) < 4.78 is 5.34. The molecule has 0 aliphatic rings. The Morgan fingerprint density at radius 3 is 2.55 bits per heavy atom. The Kier molecular flexibility index (Phi) is 6.02. The first-order valence-corrected chi connectivity index (χ1v) is 7.01. The molecule has 0 aliphatic carbocycles. The smallest absolute Gasteiger partial charge is 0.221 e. The van der Waals surface area contributed by atoms with Gasteiger partial charge in [-0.25, -0.2) is 0 Å². The lowest BCUT2D eigenvalue weighted by Crippen LogP contribution is -2.41. The molecule has 1 aromatic rings. The molecular weight excluding hydrogens is 252 g/mol. The summed E-state index contributed by atoms with van der Waals surface area (Å²) >= 11 is 0. The van der Waals surface area contributed by atoms with Crippen LogP contribution in [0, 0.1) is 0 Å². The molecule has 1 atom stereocenters. The monoisotopic (exact) mass is 278 g/mol. The fraction of sp³-hybridized carbons (Fsp3) is 0.562. The second-order valence-corrected chi connectivity index (χ2v) is 5.97. The predicted octanol–water partition coefficient (Wildman–Crippen LogP) is 2.65. The Balaban J connectivity index is 2.44. The summed E-state index contributed by atoms with van der Waals surface area (Å²) in [7, 11) is 1.67. The maximum atomic E-state index is 11.7. The van der Waals surface area contributed by atoms with Crippen molar-refractivity contribution >= 4 is 5.91 Å². The summed E-state index contributed by atoms with van der Waals surface area (Å²) in [5.41, 5.74) is 0.928. The van der Waals surface area contributed by atoms with Crippen molar-refractivity contribution in [2.24, 2.45) is 0 Å². The average molecular weight is 278 g/mol. The fourth-order valence-electron chi connectivity index (χ4n) is 2.02. The second-order valence-electron chi connectivity index (χ2n) is 5.97. The predicted molar refractivity (Wildman–Crippen MR) is 81.9 cm³/mol. The average Bonchev–Trinajstić information content (AvgIpc) is 2.36. The van der Waals surface area contributed by atoms with Crippen LogP contribution in [0.4, 0.5) is 0 Å². The molecule has 2 N–H and O–H groups in total. The van der Waals surface area contributed by atoms with Crippen molar-refractivity contribution < 1.29 is 9.53 Å². The third-order valence-electron chi connectivity index (χ3n) is 2.92. The highest BCUT2D eigenvalue weighted by atomic mass is 16.5. The molecule has 4 nitrogen and oxygen atoms in total. The number of rotatable bonds is 6. The van der Waals surface area contributed by atoms with Gasteiger partial charge < -0.3 is 15.4 Å². The van der Waals surface area contributed by atoms with Crippen LogP contribution in [0.15, 0.2) is 24.3 Å². The van der Waals surface area contributed by atoms with E-state index in [1.54, 1.807) is 7.11 Å². The van der Waals surface area contributed by atoms with Crippen molar-refractivity contribution in [2.45, 2.75) is 45.7 Å². The van der Waals surface area contributed by atoms with Crippen LogP contribution in [-0.4, -0.2) is 25.1 Å². The van der Waals surface area contributed by atoms with Crippen molar-refractivity contribution in [3.63, 3.8) is 0 Å². The summed E-state index contributed by atoms with van der Waals surface area (Å²) in [6.07, 6.45) is 0.469. The minimum atomic E-state index is -0.175. The van der Waals surface area contributed by atoms with E-state index in [0.29, 0.717) is 13.0 Å². The second kappa shape index (κ2) is 7.29. The van der Waals surface area contributed by atoms with E-state index in [1.807, 2.05) is 45.0 Å². The molecule has 1 amide bonds. The normalized spacial score (nSPS) is 12.8. The Bertz CT molecular complexity index is 438. The molecule has 0 fully saturated rings. The van der Waals surface area contributed by atoms with E-state index in [4.69, 9.17) is 4.74 Å². The fourth-order valence-corrected chi connectivity index (χ4v) is 2.02. The standard InChI is InChI=1S/C16H26N2O2/c1-12(13-8-6-7-9-14(13)20-5)17-11-10-15(19)18-16(2,3)4/h6-9,12,17H,10-11H2,1-5H3,(H,18,19). The zero-order chi connectivity index (χ0) is 15.2. The first-order chi connectivity index (χ1) is 9.33. The summed E-state index contributed by atoms with van der Waals surface area (Å²) in [6, 6.07) is 8.06. The first kappa shape index (κ1) is 16.5. The topological polar surface area (TPSA) is 50.4 Å². The van der Waals surface area contributed by atoms with Gasteiger partial charge in [-0.15, -0.1) is 0 Å². The van der Waals surface area contributed by atoms with Gasteiger partial charge in [0.2, 0.25) is 5.91 Å². The molecule has 1 rings (SSSR count). The van der Waals surface area contributed by atoms with Gasteiger partial charge in [-0.1, -0.05) is 18.2 Å². The number of hydrogen-bond donors (Lipinski definition) is 2. The largest absolute Gasteiger partial charge is 0.496 e.